The number of non-ortho nitro benzene ring substituents is 1. The van der Waals surface area contributed by atoms with E-state index in [0.29, 0.717) is 0 Å². The average Bonchev–Trinajstić information content (AvgIpc) is 2.66. The lowest BCUT2D eigenvalue weighted by molar-refractivity contribution is -0.384. The highest BCUT2D eigenvalue weighted by Crippen LogP contribution is 2.27. The zero-order chi connectivity index (χ0) is 21.2. The van der Waals surface area contributed by atoms with Crippen molar-refractivity contribution in [3.63, 3.8) is 0 Å². The van der Waals surface area contributed by atoms with Crippen molar-refractivity contribution in [2.24, 2.45) is 0 Å². The highest BCUT2D eigenvalue weighted by Gasteiger charge is 2.27. The van der Waals surface area contributed by atoms with Gasteiger partial charge >= 0.3 is 5.97 Å². The zero-order valence-corrected chi connectivity index (χ0v) is 13.4. The van der Waals surface area contributed by atoms with Gasteiger partial charge in [-0.15, -0.1) is 0 Å². The summed E-state index contributed by atoms with van der Waals surface area (Å²) in [6.45, 7) is -1.21. The molecule has 0 saturated heterocycles. The number of halogens is 5. The Labute approximate surface area is 151 Å². The van der Waals surface area contributed by atoms with E-state index in [-0.39, 0.29) is 5.69 Å². The molecular weight excluding hydrogens is 397 g/mol. The van der Waals surface area contributed by atoms with Crippen LogP contribution in [0.15, 0.2) is 18.2 Å². The minimum atomic E-state index is -2.42. The number of benzene rings is 2. The quantitative estimate of drug-likeness (QED) is 0.150. The van der Waals surface area contributed by atoms with E-state index in [1.54, 1.807) is 0 Å². The summed E-state index contributed by atoms with van der Waals surface area (Å²) in [5.74, 6) is -14.3. The van der Waals surface area contributed by atoms with Gasteiger partial charge in [0.25, 0.3) is 11.6 Å². The summed E-state index contributed by atoms with van der Waals surface area (Å²) in [5, 5.41) is 12.1. The second-order valence-electron chi connectivity index (χ2n) is 5.10. The maximum absolute atomic E-state index is 13.5. The van der Waals surface area contributed by atoms with Crippen molar-refractivity contribution in [1.82, 2.24) is 0 Å². The minimum absolute atomic E-state index is 0.226. The van der Waals surface area contributed by atoms with Crippen LogP contribution in [-0.2, 0) is 9.53 Å². The third-order valence-electron chi connectivity index (χ3n) is 3.28. The topological polar surface area (TPSA) is 125 Å². The van der Waals surface area contributed by atoms with Crippen molar-refractivity contribution in [2.45, 2.75) is 0 Å². The smallest absolute Gasteiger partial charge is 0.341 e. The van der Waals surface area contributed by atoms with E-state index in [2.05, 4.69) is 4.74 Å². The number of amides is 1. The number of ether oxygens (including phenoxy) is 1. The number of hydrogen-bond acceptors (Lipinski definition) is 6. The third-order valence-corrected chi connectivity index (χ3v) is 3.28. The number of anilines is 2. The summed E-state index contributed by atoms with van der Waals surface area (Å²) >= 11 is 0. The van der Waals surface area contributed by atoms with Gasteiger partial charge in [-0.3, -0.25) is 14.9 Å². The molecule has 0 aliphatic carbocycles. The van der Waals surface area contributed by atoms with Crippen LogP contribution in [0.2, 0.25) is 0 Å². The number of hydrogen-bond donors (Lipinski definition) is 2. The number of carbonyl (C=O) groups excluding carboxylic acids is 2. The van der Waals surface area contributed by atoms with Crippen LogP contribution in [0.1, 0.15) is 10.4 Å². The largest absolute Gasteiger partial charge is 0.452 e. The van der Waals surface area contributed by atoms with Gasteiger partial charge in [0.2, 0.25) is 5.82 Å². The highest BCUT2D eigenvalue weighted by molar-refractivity contribution is 5.98. The first kappa shape index (κ1) is 20.5. The van der Waals surface area contributed by atoms with Gasteiger partial charge in [0.15, 0.2) is 29.9 Å². The zero-order valence-electron chi connectivity index (χ0n) is 13.4. The number of nitrogen functional groups attached to an aromatic ring is 1. The molecule has 3 N–H and O–H groups in total. The maximum atomic E-state index is 13.5. The second-order valence-corrected chi connectivity index (χ2v) is 5.10. The summed E-state index contributed by atoms with van der Waals surface area (Å²) in [6, 6.07) is 2.80. The molecule has 148 valence electrons. The monoisotopic (exact) mass is 405 g/mol. The normalized spacial score (nSPS) is 10.5. The third kappa shape index (κ3) is 3.97. The highest BCUT2D eigenvalue weighted by atomic mass is 19.2. The van der Waals surface area contributed by atoms with E-state index in [0.717, 1.165) is 18.2 Å². The van der Waals surface area contributed by atoms with Crippen LogP contribution in [-0.4, -0.2) is 23.4 Å². The predicted octanol–water partition coefficient (Wildman–Crippen LogP) is 2.67. The number of esters is 1. The molecule has 0 aliphatic heterocycles. The number of nitrogens with one attached hydrogen (secondary N) is 1. The molecule has 2 aromatic rings. The summed E-state index contributed by atoms with van der Waals surface area (Å²) < 4.78 is 70.5. The summed E-state index contributed by atoms with van der Waals surface area (Å²) in [5.41, 5.74) is 2.63. The van der Waals surface area contributed by atoms with Gasteiger partial charge in [-0.2, -0.15) is 0 Å². The lowest BCUT2D eigenvalue weighted by Crippen LogP contribution is -2.23. The van der Waals surface area contributed by atoms with E-state index >= 15 is 0 Å². The molecule has 0 spiro atoms. The molecule has 28 heavy (non-hydrogen) atoms. The van der Waals surface area contributed by atoms with Crippen molar-refractivity contribution < 1.29 is 41.2 Å². The van der Waals surface area contributed by atoms with Crippen LogP contribution >= 0.6 is 0 Å². The first-order valence-electron chi connectivity index (χ1n) is 7.06. The standard InChI is InChI=1S/C15H8F5N3O5/c16-9-10(17)12(19)14(13(20)11(9)18)22-8(24)4-28-15(25)6-3-5(23(26)27)1-2-7(6)21/h1-3H,4,21H2,(H,22,24). The molecule has 0 unspecified atom stereocenters. The van der Waals surface area contributed by atoms with Gasteiger partial charge in [-0.05, 0) is 6.07 Å². The first-order chi connectivity index (χ1) is 13.0. The molecule has 2 rings (SSSR count). The van der Waals surface area contributed by atoms with Crippen LogP contribution in [0.25, 0.3) is 0 Å². The second kappa shape index (κ2) is 7.85. The van der Waals surface area contributed by atoms with E-state index in [1.807, 2.05) is 0 Å². The van der Waals surface area contributed by atoms with Gasteiger partial charge in [-0.25, -0.2) is 26.7 Å². The van der Waals surface area contributed by atoms with Crippen LogP contribution in [0.4, 0.5) is 39.0 Å². The Hall–Kier alpha value is -3.77. The molecule has 2 aromatic carbocycles. The molecule has 0 radical (unpaired) electrons. The van der Waals surface area contributed by atoms with Crippen molar-refractivity contribution in [3.05, 3.63) is 63.0 Å². The molecule has 0 atom stereocenters. The summed E-state index contributed by atoms with van der Waals surface area (Å²) in [6.07, 6.45) is 0. The minimum Gasteiger partial charge on any atom is -0.452 e. The molecule has 0 aromatic heterocycles. The van der Waals surface area contributed by atoms with E-state index in [4.69, 9.17) is 5.73 Å². The lowest BCUT2D eigenvalue weighted by atomic mass is 10.1. The predicted molar refractivity (Wildman–Crippen MR) is 82.7 cm³/mol. The number of carbonyl (C=O) groups is 2. The fourth-order valence-electron chi connectivity index (χ4n) is 1.93. The van der Waals surface area contributed by atoms with Crippen molar-refractivity contribution in [3.8, 4) is 0 Å². The number of nitrogens with zero attached hydrogens (tertiary/aromatic N) is 1. The van der Waals surface area contributed by atoms with Crippen LogP contribution in [0, 0.1) is 39.2 Å². The molecular formula is C15H8F5N3O5. The molecule has 0 aliphatic rings. The Morgan fingerprint density at radius 3 is 2.11 bits per heavy atom. The van der Waals surface area contributed by atoms with E-state index in [1.165, 1.54) is 5.32 Å². The Bertz CT molecular complexity index is 970. The molecule has 8 nitrogen and oxygen atoms in total. The van der Waals surface area contributed by atoms with Crippen molar-refractivity contribution in [1.29, 1.82) is 0 Å². The first-order valence-corrected chi connectivity index (χ1v) is 7.06. The SMILES string of the molecule is Nc1ccc([N+](=O)[O-])cc1C(=O)OCC(=O)Nc1c(F)c(F)c(F)c(F)c1F. The summed E-state index contributed by atoms with van der Waals surface area (Å²) in [7, 11) is 0. The number of rotatable bonds is 5. The van der Waals surface area contributed by atoms with E-state index < -0.39 is 69.4 Å². The number of nitro groups is 1. The number of nitro benzene ring substituents is 1. The Balaban J connectivity index is 2.13. The van der Waals surface area contributed by atoms with Crippen LogP contribution < -0.4 is 11.1 Å². The van der Waals surface area contributed by atoms with Crippen LogP contribution in [0.3, 0.4) is 0 Å². The summed E-state index contributed by atoms with van der Waals surface area (Å²) in [4.78, 5) is 33.3. The molecule has 0 saturated carbocycles. The molecule has 0 fully saturated rings. The Kier molecular flexibility index (Phi) is 5.76. The van der Waals surface area contributed by atoms with Gasteiger partial charge in [0.05, 0.1) is 10.5 Å². The molecule has 0 heterocycles. The Morgan fingerprint density at radius 1 is 1.04 bits per heavy atom. The molecule has 13 heteroatoms. The fraction of sp³-hybridized carbons (Fsp3) is 0.0667. The van der Waals surface area contributed by atoms with Gasteiger partial charge in [0.1, 0.15) is 5.69 Å². The fourth-order valence-corrected chi connectivity index (χ4v) is 1.93. The van der Waals surface area contributed by atoms with Gasteiger partial charge in [0, 0.05) is 17.8 Å². The van der Waals surface area contributed by atoms with E-state index in [9.17, 15) is 41.7 Å². The van der Waals surface area contributed by atoms with Gasteiger partial charge in [-0.1, -0.05) is 0 Å². The Morgan fingerprint density at radius 2 is 1.57 bits per heavy atom. The van der Waals surface area contributed by atoms with Gasteiger partial charge < -0.3 is 15.8 Å². The lowest BCUT2D eigenvalue weighted by Gasteiger charge is -2.10. The van der Waals surface area contributed by atoms with Crippen LogP contribution in [0.5, 0.6) is 0 Å². The molecule has 1 amide bonds. The molecule has 0 bridgehead atoms. The maximum Gasteiger partial charge on any atom is 0.341 e. The van der Waals surface area contributed by atoms with Crippen molar-refractivity contribution >= 4 is 28.9 Å². The average molecular weight is 405 g/mol. The van der Waals surface area contributed by atoms with Crippen molar-refractivity contribution in [2.75, 3.05) is 17.7 Å². The number of nitrogens with two attached hydrogens (primary N) is 1.